The van der Waals surface area contributed by atoms with E-state index in [0.717, 1.165) is 35.9 Å². The highest BCUT2D eigenvalue weighted by atomic mass is 35.5. The van der Waals surface area contributed by atoms with Crippen LogP contribution in [0.5, 0.6) is 0 Å². The van der Waals surface area contributed by atoms with Crippen molar-refractivity contribution in [3.8, 4) is 0 Å². The number of aromatic amines is 1. The Bertz CT molecular complexity index is 1030. The number of nitrogens with one attached hydrogen (secondary N) is 3. The van der Waals surface area contributed by atoms with E-state index in [-0.39, 0.29) is 23.6 Å². The fraction of sp³-hybridized carbons (Fsp3) is 0.333. The van der Waals surface area contributed by atoms with Gasteiger partial charge in [-0.05, 0) is 37.3 Å². The predicted molar refractivity (Wildman–Crippen MR) is 111 cm³/mol. The molecule has 29 heavy (non-hydrogen) atoms. The van der Waals surface area contributed by atoms with E-state index in [9.17, 15) is 9.59 Å². The number of carbonyl (C=O) groups is 2. The van der Waals surface area contributed by atoms with E-state index < -0.39 is 0 Å². The van der Waals surface area contributed by atoms with E-state index in [1.807, 2.05) is 12.1 Å². The molecule has 0 unspecified atom stereocenters. The van der Waals surface area contributed by atoms with Gasteiger partial charge >= 0.3 is 0 Å². The fourth-order valence-electron chi connectivity index (χ4n) is 3.82. The van der Waals surface area contributed by atoms with Crippen LogP contribution >= 0.6 is 11.6 Å². The van der Waals surface area contributed by atoms with Crippen LogP contribution in [0.2, 0.25) is 5.02 Å². The molecule has 1 aliphatic carbocycles. The van der Waals surface area contributed by atoms with Gasteiger partial charge in [0.2, 0.25) is 5.91 Å². The van der Waals surface area contributed by atoms with Crippen LogP contribution < -0.4 is 10.6 Å². The Morgan fingerprint density at radius 1 is 1.28 bits per heavy atom. The molecule has 3 N–H and O–H groups in total. The fourth-order valence-corrected chi connectivity index (χ4v) is 4.04. The zero-order valence-corrected chi connectivity index (χ0v) is 16.6. The summed E-state index contributed by atoms with van der Waals surface area (Å²) in [6, 6.07) is 5.86. The molecular weight excluding hydrogens is 390 g/mol. The number of halogens is 1. The molecule has 2 heterocycles. The molecule has 0 saturated carbocycles. The molecule has 3 aromatic rings. The van der Waals surface area contributed by atoms with Crippen molar-refractivity contribution in [2.24, 2.45) is 0 Å². The largest absolute Gasteiger partial charge is 0.355 e. The highest BCUT2D eigenvalue weighted by Crippen LogP contribution is 2.36. The number of amides is 2. The molecule has 8 heteroatoms. The minimum Gasteiger partial charge on any atom is -0.355 e. The summed E-state index contributed by atoms with van der Waals surface area (Å²) < 4.78 is 0. The summed E-state index contributed by atoms with van der Waals surface area (Å²) in [6.45, 7) is 0.404. The first-order valence-corrected chi connectivity index (χ1v) is 10.1. The number of aromatic nitrogens is 3. The second-order valence-corrected chi connectivity index (χ2v) is 7.55. The first-order chi connectivity index (χ1) is 14.1. The van der Waals surface area contributed by atoms with Gasteiger partial charge in [-0.3, -0.25) is 14.6 Å². The quantitative estimate of drug-likeness (QED) is 0.542. The van der Waals surface area contributed by atoms with Gasteiger partial charge in [0.25, 0.3) is 5.91 Å². The number of hydrogen-bond acceptors (Lipinski definition) is 4. The zero-order valence-electron chi connectivity index (χ0n) is 15.9. The van der Waals surface area contributed by atoms with Crippen molar-refractivity contribution in [3.63, 3.8) is 0 Å². The van der Waals surface area contributed by atoms with E-state index in [0.29, 0.717) is 24.4 Å². The number of aryl methyl sites for hydroxylation is 1. The van der Waals surface area contributed by atoms with Crippen LogP contribution in [-0.4, -0.2) is 33.3 Å². The molecule has 7 nitrogen and oxygen atoms in total. The van der Waals surface area contributed by atoms with Crippen molar-refractivity contribution < 1.29 is 9.59 Å². The molecule has 0 radical (unpaired) electrons. The number of rotatable bonds is 6. The predicted octanol–water partition coefficient (Wildman–Crippen LogP) is 3.32. The van der Waals surface area contributed by atoms with Gasteiger partial charge in [-0.2, -0.15) is 0 Å². The average molecular weight is 412 g/mol. The van der Waals surface area contributed by atoms with E-state index in [1.54, 1.807) is 0 Å². The van der Waals surface area contributed by atoms with E-state index >= 15 is 0 Å². The van der Waals surface area contributed by atoms with Gasteiger partial charge < -0.3 is 15.6 Å². The van der Waals surface area contributed by atoms with Gasteiger partial charge in [0, 0.05) is 36.4 Å². The summed E-state index contributed by atoms with van der Waals surface area (Å²) in [4.78, 5) is 35.6. The van der Waals surface area contributed by atoms with E-state index in [4.69, 9.17) is 11.6 Å². The lowest BCUT2D eigenvalue weighted by atomic mass is 9.91. The van der Waals surface area contributed by atoms with Gasteiger partial charge in [-0.15, -0.1) is 0 Å². The van der Waals surface area contributed by atoms with Gasteiger partial charge in [0.15, 0.2) is 0 Å². The zero-order chi connectivity index (χ0) is 20.2. The number of hydrogen-bond donors (Lipinski definition) is 3. The maximum Gasteiger partial charge on any atom is 0.271 e. The Hall–Kier alpha value is -2.93. The molecule has 1 aromatic carbocycles. The maximum atomic E-state index is 12.4. The Labute approximate surface area is 173 Å². The van der Waals surface area contributed by atoms with E-state index in [2.05, 4.69) is 31.7 Å². The smallest absolute Gasteiger partial charge is 0.271 e. The third-order valence-electron chi connectivity index (χ3n) is 5.19. The lowest BCUT2D eigenvalue weighted by Crippen LogP contribution is -2.32. The maximum absolute atomic E-state index is 12.4. The molecule has 2 amide bonds. The lowest BCUT2D eigenvalue weighted by Gasteiger charge is -2.24. The van der Waals surface area contributed by atoms with Gasteiger partial charge in [-0.25, -0.2) is 4.98 Å². The number of benzene rings is 1. The molecule has 2 aromatic heterocycles. The molecule has 4 rings (SSSR count). The number of carbonyl (C=O) groups excluding carboxylic acids is 2. The first-order valence-electron chi connectivity index (χ1n) is 9.76. The van der Waals surface area contributed by atoms with Crippen LogP contribution in [0.1, 0.15) is 53.5 Å². The van der Waals surface area contributed by atoms with Crippen LogP contribution in [-0.2, 0) is 11.2 Å². The molecule has 0 bridgehead atoms. The highest BCUT2D eigenvalue weighted by molar-refractivity contribution is 6.35. The number of para-hydroxylation sites is 1. The summed E-state index contributed by atoms with van der Waals surface area (Å²) in [6.07, 6.45) is 8.18. The summed E-state index contributed by atoms with van der Waals surface area (Å²) in [7, 11) is 0. The summed E-state index contributed by atoms with van der Waals surface area (Å²) in [5.74, 6) is -0.313. The lowest BCUT2D eigenvalue weighted by molar-refractivity contribution is -0.122. The van der Waals surface area contributed by atoms with Gasteiger partial charge in [0.05, 0.1) is 22.8 Å². The first kappa shape index (κ1) is 19.4. The number of H-pyrrole nitrogens is 1. The van der Waals surface area contributed by atoms with Gasteiger partial charge in [-0.1, -0.05) is 23.7 Å². The standard InChI is InChI=1S/C21H22ClN5O2/c22-15-6-1-4-13-14-5-2-7-16(20(14)27-19(13)15)26-18(28)8-3-9-25-21(29)17-12-23-10-11-24-17/h1,4,6,10-12,16,27H,2-3,5,7-9H2,(H,25,29)(H,26,28)/t16-/m0/s1. The second kappa shape index (κ2) is 8.61. The SMILES string of the molecule is O=C(CCCNC(=O)c1cnccn1)N[C@H]1CCCc2c1[nH]c1c(Cl)cccc21. The number of nitrogens with zero attached hydrogens (tertiary/aromatic N) is 2. The minimum atomic E-state index is -0.287. The molecule has 0 aliphatic heterocycles. The third kappa shape index (κ3) is 4.24. The van der Waals surface area contributed by atoms with Crippen LogP contribution in [0.25, 0.3) is 10.9 Å². The Morgan fingerprint density at radius 3 is 3.00 bits per heavy atom. The average Bonchev–Trinajstić information content (AvgIpc) is 3.13. The molecular formula is C21H22ClN5O2. The van der Waals surface area contributed by atoms with Crippen LogP contribution in [0.3, 0.4) is 0 Å². The summed E-state index contributed by atoms with van der Waals surface area (Å²) in [5.41, 5.74) is 3.51. The van der Waals surface area contributed by atoms with Crippen molar-refractivity contribution in [2.45, 2.75) is 38.1 Å². The Morgan fingerprint density at radius 2 is 2.17 bits per heavy atom. The highest BCUT2D eigenvalue weighted by Gasteiger charge is 2.26. The third-order valence-corrected chi connectivity index (χ3v) is 5.50. The van der Waals surface area contributed by atoms with Crippen LogP contribution in [0.4, 0.5) is 0 Å². The summed E-state index contributed by atoms with van der Waals surface area (Å²) in [5, 5.41) is 7.71. The molecule has 1 atom stereocenters. The topological polar surface area (TPSA) is 99.8 Å². The molecule has 150 valence electrons. The molecule has 1 aliphatic rings. The molecule has 0 saturated heterocycles. The van der Waals surface area contributed by atoms with Crippen LogP contribution in [0, 0.1) is 0 Å². The Balaban J connectivity index is 1.31. The normalized spacial score (nSPS) is 15.7. The van der Waals surface area contributed by atoms with E-state index in [1.165, 1.54) is 24.2 Å². The molecule has 0 spiro atoms. The summed E-state index contributed by atoms with van der Waals surface area (Å²) >= 11 is 6.32. The Kier molecular flexibility index (Phi) is 5.76. The van der Waals surface area contributed by atoms with Crippen molar-refractivity contribution in [2.75, 3.05) is 6.54 Å². The van der Waals surface area contributed by atoms with Crippen molar-refractivity contribution in [3.05, 3.63) is 58.8 Å². The van der Waals surface area contributed by atoms with Crippen molar-refractivity contribution in [1.82, 2.24) is 25.6 Å². The minimum absolute atomic E-state index is 0.0265. The monoisotopic (exact) mass is 411 g/mol. The second-order valence-electron chi connectivity index (χ2n) is 7.14. The van der Waals surface area contributed by atoms with Crippen molar-refractivity contribution in [1.29, 1.82) is 0 Å². The van der Waals surface area contributed by atoms with Gasteiger partial charge in [0.1, 0.15) is 5.69 Å². The number of fused-ring (bicyclic) bond motifs is 3. The molecule has 0 fully saturated rings. The van der Waals surface area contributed by atoms with Crippen LogP contribution in [0.15, 0.2) is 36.8 Å². The van der Waals surface area contributed by atoms with Crippen molar-refractivity contribution >= 4 is 34.3 Å².